The van der Waals surface area contributed by atoms with Gasteiger partial charge in [0.05, 0.1) is 11.3 Å². The third kappa shape index (κ3) is 5.26. The molecule has 3 aromatic carbocycles. The third-order valence-corrected chi connectivity index (χ3v) is 6.45. The van der Waals surface area contributed by atoms with Crippen LogP contribution in [0, 0.1) is 6.92 Å². The van der Waals surface area contributed by atoms with E-state index in [4.69, 9.17) is 0 Å². The molecule has 1 aliphatic rings. The van der Waals surface area contributed by atoms with Crippen molar-refractivity contribution < 1.29 is 13.2 Å². The van der Waals surface area contributed by atoms with Crippen molar-refractivity contribution in [3.8, 4) is 22.4 Å². The summed E-state index contributed by atoms with van der Waals surface area (Å²) in [5.74, 6) is -0.780. The molecule has 0 amide bonds. The Bertz CT molecular complexity index is 1300. The maximum absolute atomic E-state index is 14.0. The maximum atomic E-state index is 14.0. The largest absolute Gasteiger partial charge is 0.451 e. The van der Waals surface area contributed by atoms with Crippen LogP contribution in [0.25, 0.3) is 22.4 Å². The van der Waals surface area contributed by atoms with Crippen molar-refractivity contribution in [3.63, 3.8) is 0 Å². The molecule has 0 atom stereocenters. The number of halogens is 3. The fourth-order valence-electron chi connectivity index (χ4n) is 4.55. The molecule has 2 heterocycles. The lowest BCUT2D eigenvalue weighted by molar-refractivity contribution is -0.144. The summed E-state index contributed by atoms with van der Waals surface area (Å²) in [6.07, 6.45) is -4.65. The van der Waals surface area contributed by atoms with Crippen LogP contribution in [0.4, 0.5) is 19.0 Å². The van der Waals surface area contributed by atoms with Gasteiger partial charge in [0.2, 0.25) is 5.82 Å². The number of aromatic nitrogens is 2. The van der Waals surface area contributed by atoms with E-state index in [9.17, 15) is 13.2 Å². The van der Waals surface area contributed by atoms with E-state index >= 15 is 0 Å². The van der Waals surface area contributed by atoms with Gasteiger partial charge in [-0.2, -0.15) is 13.2 Å². The SMILES string of the molecule is Cc1ccc(-c2nc(C(F)(F)F)nc(N3CCN(Cc4ccccc4)CC3)c2-c2ccccc2)cc1. The first kappa shape index (κ1) is 24.0. The van der Waals surface area contributed by atoms with E-state index < -0.39 is 12.0 Å². The second-order valence-electron chi connectivity index (χ2n) is 9.07. The fraction of sp³-hybridized carbons (Fsp3) is 0.241. The minimum Gasteiger partial charge on any atom is -0.353 e. The average molecular weight is 489 g/mol. The summed E-state index contributed by atoms with van der Waals surface area (Å²) in [5, 5.41) is 0. The second-order valence-corrected chi connectivity index (χ2v) is 9.07. The van der Waals surface area contributed by atoms with E-state index in [1.54, 1.807) is 0 Å². The maximum Gasteiger partial charge on any atom is 0.451 e. The normalized spacial score (nSPS) is 14.7. The summed E-state index contributed by atoms with van der Waals surface area (Å²) in [5.41, 5.74) is 4.60. The summed E-state index contributed by atoms with van der Waals surface area (Å²) in [7, 11) is 0. The number of hydrogen-bond acceptors (Lipinski definition) is 4. The first-order valence-electron chi connectivity index (χ1n) is 12.0. The molecule has 1 fully saturated rings. The van der Waals surface area contributed by atoms with E-state index in [2.05, 4.69) is 27.0 Å². The van der Waals surface area contributed by atoms with Gasteiger partial charge in [-0.25, -0.2) is 9.97 Å². The van der Waals surface area contributed by atoms with Gasteiger partial charge in [-0.15, -0.1) is 0 Å². The summed E-state index contributed by atoms with van der Waals surface area (Å²) < 4.78 is 41.9. The highest BCUT2D eigenvalue weighted by Crippen LogP contribution is 2.40. The first-order chi connectivity index (χ1) is 17.4. The van der Waals surface area contributed by atoms with Gasteiger partial charge in [0.1, 0.15) is 5.82 Å². The zero-order chi connectivity index (χ0) is 25.1. The number of piperazine rings is 1. The number of rotatable bonds is 5. The lowest BCUT2D eigenvalue weighted by Gasteiger charge is -2.36. The highest BCUT2D eigenvalue weighted by atomic mass is 19.4. The van der Waals surface area contributed by atoms with Crippen LogP contribution in [0.5, 0.6) is 0 Å². The number of anilines is 1. The van der Waals surface area contributed by atoms with E-state index in [0.717, 1.165) is 30.8 Å². The Labute approximate surface area is 209 Å². The Morgan fingerprint density at radius 1 is 0.722 bits per heavy atom. The minimum absolute atomic E-state index is 0.297. The van der Waals surface area contributed by atoms with Gasteiger partial charge in [0.15, 0.2) is 0 Å². The monoisotopic (exact) mass is 488 g/mol. The molecule has 0 N–H and O–H groups in total. The van der Waals surface area contributed by atoms with Crippen LogP contribution in [0.15, 0.2) is 84.9 Å². The molecule has 0 unspecified atom stereocenters. The van der Waals surface area contributed by atoms with Gasteiger partial charge >= 0.3 is 6.18 Å². The lowest BCUT2D eigenvalue weighted by Crippen LogP contribution is -2.46. The smallest absolute Gasteiger partial charge is 0.353 e. The fourth-order valence-corrected chi connectivity index (χ4v) is 4.55. The van der Waals surface area contributed by atoms with Crippen molar-refractivity contribution in [3.05, 3.63) is 102 Å². The summed E-state index contributed by atoms with van der Waals surface area (Å²) in [4.78, 5) is 12.5. The molecule has 5 rings (SSSR count). The molecule has 0 saturated carbocycles. The lowest BCUT2D eigenvalue weighted by atomic mass is 9.98. The number of alkyl halides is 3. The molecular formula is C29H27F3N4. The van der Waals surface area contributed by atoms with Crippen molar-refractivity contribution in [1.82, 2.24) is 14.9 Å². The topological polar surface area (TPSA) is 32.3 Å². The van der Waals surface area contributed by atoms with Crippen molar-refractivity contribution in [1.29, 1.82) is 0 Å². The van der Waals surface area contributed by atoms with Gasteiger partial charge in [0.25, 0.3) is 0 Å². The van der Waals surface area contributed by atoms with E-state index in [-0.39, 0.29) is 0 Å². The predicted octanol–water partition coefficient (Wildman–Crippen LogP) is 6.46. The van der Waals surface area contributed by atoms with Crippen LogP contribution >= 0.6 is 0 Å². The van der Waals surface area contributed by atoms with Crippen LogP contribution in [0.2, 0.25) is 0 Å². The number of aryl methyl sites for hydroxylation is 1. The van der Waals surface area contributed by atoms with Crippen LogP contribution in [0.3, 0.4) is 0 Å². The van der Waals surface area contributed by atoms with Gasteiger partial charge in [-0.3, -0.25) is 4.90 Å². The Balaban J connectivity index is 1.57. The molecule has 7 heteroatoms. The molecule has 4 aromatic rings. The van der Waals surface area contributed by atoms with Gasteiger partial charge in [0, 0.05) is 38.3 Å². The molecule has 1 aromatic heterocycles. The predicted molar refractivity (Wildman–Crippen MR) is 137 cm³/mol. The van der Waals surface area contributed by atoms with Crippen LogP contribution < -0.4 is 4.90 Å². The van der Waals surface area contributed by atoms with Gasteiger partial charge in [-0.05, 0) is 18.1 Å². The van der Waals surface area contributed by atoms with Gasteiger partial charge in [-0.1, -0.05) is 90.5 Å². The summed E-state index contributed by atoms with van der Waals surface area (Å²) in [6, 6.07) is 27.1. The molecule has 1 aliphatic heterocycles. The van der Waals surface area contributed by atoms with Gasteiger partial charge < -0.3 is 4.90 Å². The van der Waals surface area contributed by atoms with E-state index in [1.807, 2.05) is 84.6 Å². The Hall–Kier alpha value is -3.71. The first-order valence-corrected chi connectivity index (χ1v) is 12.0. The quantitative estimate of drug-likeness (QED) is 0.323. The van der Waals surface area contributed by atoms with Crippen molar-refractivity contribution in [2.45, 2.75) is 19.6 Å². The molecule has 0 bridgehead atoms. The van der Waals surface area contributed by atoms with E-state index in [1.165, 1.54) is 5.56 Å². The Morgan fingerprint density at radius 3 is 1.94 bits per heavy atom. The molecule has 0 aliphatic carbocycles. The molecule has 4 nitrogen and oxygen atoms in total. The minimum atomic E-state index is -4.65. The molecular weight excluding hydrogens is 461 g/mol. The average Bonchev–Trinajstić information content (AvgIpc) is 2.89. The number of nitrogens with zero attached hydrogens (tertiary/aromatic N) is 4. The standard InChI is InChI=1S/C29H27F3N4/c1-21-12-14-24(15-13-21)26-25(23-10-6-3-7-11-23)27(34-28(33-26)29(30,31)32)36-18-16-35(17-19-36)20-22-8-4-2-5-9-22/h2-15H,16-20H2,1H3. The molecule has 0 radical (unpaired) electrons. The summed E-state index contributed by atoms with van der Waals surface area (Å²) >= 11 is 0. The highest BCUT2D eigenvalue weighted by molar-refractivity contribution is 5.88. The highest BCUT2D eigenvalue weighted by Gasteiger charge is 2.37. The van der Waals surface area contributed by atoms with Crippen LogP contribution in [-0.2, 0) is 12.7 Å². The van der Waals surface area contributed by atoms with Crippen LogP contribution in [0.1, 0.15) is 17.0 Å². The Kier molecular flexibility index (Phi) is 6.74. The number of benzene rings is 3. The van der Waals surface area contributed by atoms with Crippen LogP contribution in [-0.4, -0.2) is 41.0 Å². The summed E-state index contributed by atoms with van der Waals surface area (Å²) in [6.45, 7) is 5.38. The second kappa shape index (κ2) is 10.1. The zero-order valence-corrected chi connectivity index (χ0v) is 20.0. The molecule has 184 valence electrons. The van der Waals surface area contributed by atoms with Crippen molar-refractivity contribution >= 4 is 5.82 Å². The molecule has 36 heavy (non-hydrogen) atoms. The Morgan fingerprint density at radius 2 is 1.33 bits per heavy atom. The van der Waals surface area contributed by atoms with Crippen molar-refractivity contribution in [2.75, 3.05) is 31.1 Å². The molecule has 1 saturated heterocycles. The zero-order valence-electron chi connectivity index (χ0n) is 20.0. The number of hydrogen-bond donors (Lipinski definition) is 0. The molecule has 0 spiro atoms. The third-order valence-electron chi connectivity index (χ3n) is 6.45. The van der Waals surface area contributed by atoms with Crippen molar-refractivity contribution in [2.24, 2.45) is 0 Å². The van der Waals surface area contributed by atoms with E-state index in [0.29, 0.717) is 35.7 Å².